The Morgan fingerprint density at radius 3 is 2.60 bits per heavy atom. The third kappa shape index (κ3) is 2.90. The lowest BCUT2D eigenvalue weighted by Gasteiger charge is -2.28. The third-order valence-electron chi connectivity index (χ3n) is 3.45. The highest BCUT2D eigenvalue weighted by Crippen LogP contribution is 2.36. The minimum Gasteiger partial charge on any atom is -0.498 e. The van der Waals surface area contributed by atoms with Crippen LogP contribution in [-0.4, -0.2) is 25.5 Å². The number of carbonyl (C=O) groups is 2. The molecule has 4 nitrogen and oxygen atoms in total. The smallest absolute Gasteiger partial charge is 0.317 e. The lowest BCUT2D eigenvalue weighted by molar-refractivity contribution is -0.149. The van der Waals surface area contributed by atoms with Crippen LogP contribution in [0.1, 0.15) is 24.8 Å². The Kier molecular flexibility index (Phi) is 4.56. The van der Waals surface area contributed by atoms with Gasteiger partial charge in [-0.1, -0.05) is 30.3 Å². The summed E-state index contributed by atoms with van der Waals surface area (Å²) in [6.07, 6.45) is 1.95. The Morgan fingerprint density at radius 2 is 2.00 bits per heavy atom. The summed E-state index contributed by atoms with van der Waals surface area (Å²) < 4.78 is 10.2. The van der Waals surface area contributed by atoms with Crippen LogP contribution in [0.15, 0.2) is 42.2 Å². The molecule has 0 N–H and O–H groups in total. The minimum absolute atomic E-state index is 0.234. The molecule has 0 radical (unpaired) electrons. The number of hydrogen-bond donors (Lipinski definition) is 0. The highest BCUT2D eigenvalue weighted by Gasteiger charge is 2.39. The Labute approximate surface area is 118 Å². The quantitative estimate of drug-likeness (QED) is 0.625. The number of hydrogen-bond acceptors (Lipinski definition) is 4. The van der Waals surface area contributed by atoms with Crippen molar-refractivity contribution in [2.75, 3.05) is 13.7 Å². The highest BCUT2D eigenvalue weighted by atomic mass is 16.5. The average molecular weight is 274 g/mol. The van der Waals surface area contributed by atoms with Crippen molar-refractivity contribution in [3.05, 3.63) is 47.7 Å². The molecule has 0 amide bonds. The van der Waals surface area contributed by atoms with Gasteiger partial charge in [-0.25, -0.2) is 0 Å². The molecule has 0 saturated heterocycles. The number of allylic oxidation sites excluding steroid dienone is 2. The van der Waals surface area contributed by atoms with Crippen molar-refractivity contribution in [3.63, 3.8) is 0 Å². The van der Waals surface area contributed by atoms with E-state index < -0.39 is 11.9 Å². The molecule has 0 aromatic heterocycles. The maximum absolute atomic E-state index is 12.2. The summed E-state index contributed by atoms with van der Waals surface area (Å²) in [5.41, 5.74) is 0.946. The van der Waals surface area contributed by atoms with E-state index in [2.05, 4.69) is 0 Å². The maximum atomic E-state index is 12.2. The molecule has 0 spiro atoms. The number of carbonyl (C=O) groups excluding carboxylic acids is 2. The number of benzene rings is 1. The molecular formula is C16H18O4. The van der Waals surface area contributed by atoms with Gasteiger partial charge in [-0.15, -0.1) is 0 Å². The summed E-state index contributed by atoms with van der Waals surface area (Å²) >= 11 is 0. The van der Waals surface area contributed by atoms with Gasteiger partial charge >= 0.3 is 5.97 Å². The summed E-state index contributed by atoms with van der Waals surface area (Å²) in [5, 5.41) is 0. The largest absolute Gasteiger partial charge is 0.498 e. The molecule has 2 atom stereocenters. The van der Waals surface area contributed by atoms with Crippen LogP contribution in [0.3, 0.4) is 0 Å². The van der Waals surface area contributed by atoms with Crippen LogP contribution in [0.5, 0.6) is 0 Å². The van der Waals surface area contributed by atoms with Gasteiger partial charge in [-0.05, 0) is 12.5 Å². The molecule has 0 fully saturated rings. The lowest BCUT2D eigenvalue weighted by Crippen LogP contribution is -2.34. The zero-order chi connectivity index (χ0) is 14.5. The molecule has 20 heavy (non-hydrogen) atoms. The van der Waals surface area contributed by atoms with E-state index in [1.54, 1.807) is 0 Å². The third-order valence-corrected chi connectivity index (χ3v) is 3.45. The van der Waals surface area contributed by atoms with E-state index >= 15 is 0 Å². The standard InChI is InChI=1S/C16H18O4/c1-3-20-12-9-13(11-7-5-4-6-8-11)15(14(17)10-12)16(18)19-2/h4-8,10,13,15H,3,9H2,1-2H3/t13-,15-/m1/s1. The second-order valence-electron chi connectivity index (χ2n) is 4.67. The van der Waals surface area contributed by atoms with Gasteiger partial charge in [0.15, 0.2) is 5.78 Å². The van der Waals surface area contributed by atoms with Gasteiger partial charge in [0, 0.05) is 18.4 Å². The van der Waals surface area contributed by atoms with Crippen LogP contribution in [-0.2, 0) is 19.1 Å². The summed E-state index contributed by atoms with van der Waals surface area (Å²) in [5.74, 6) is -1.13. The zero-order valence-corrected chi connectivity index (χ0v) is 11.7. The Bertz CT molecular complexity index is 519. The average Bonchev–Trinajstić information content (AvgIpc) is 2.47. The van der Waals surface area contributed by atoms with E-state index in [0.717, 1.165) is 5.56 Å². The van der Waals surface area contributed by atoms with E-state index in [0.29, 0.717) is 18.8 Å². The maximum Gasteiger partial charge on any atom is 0.317 e. The second kappa shape index (κ2) is 6.37. The SMILES string of the molecule is CCOC1=CC(=O)[C@H](C(=O)OC)[C@@H](c2ccccc2)C1. The fourth-order valence-corrected chi connectivity index (χ4v) is 2.54. The molecule has 0 unspecified atom stereocenters. The van der Waals surface area contributed by atoms with E-state index in [-0.39, 0.29) is 11.7 Å². The molecule has 2 rings (SSSR count). The van der Waals surface area contributed by atoms with Crippen LogP contribution in [0.2, 0.25) is 0 Å². The van der Waals surface area contributed by atoms with Crippen LogP contribution >= 0.6 is 0 Å². The predicted molar refractivity (Wildman–Crippen MR) is 74.0 cm³/mol. The highest BCUT2D eigenvalue weighted by molar-refractivity contribution is 6.06. The second-order valence-corrected chi connectivity index (χ2v) is 4.67. The van der Waals surface area contributed by atoms with Gasteiger partial charge in [0.25, 0.3) is 0 Å². The van der Waals surface area contributed by atoms with Gasteiger partial charge < -0.3 is 9.47 Å². The van der Waals surface area contributed by atoms with Crippen molar-refractivity contribution in [2.45, 2.75) is 19.3 Å². The predicted octanol–water partition coefficient (Wildman–Crippen LogP) is 2.45. The van der Waals surface area contributed by atoms with E-state index in [4.69, 9.17) is 9.47 Å². The van der Waals surface area contributed by atoms with Crippen molar-refractivity contribution in [2.24, 2.45) is 5.92 Å². The Morgan fingerprint density at radius 1 is 1.30 bits per heavy atom. The minimum atomic E-state index is -0.786. The normalized spacial score (nSPS) is 22.1. The molecule has 4 heteroatoms. The molecule has 1 aromatic carbocycles. The number of esters is 1. The van der Waals surface area contributed by atoms with Gasteiger partial charge in [0.2, 0.25) is 0 Å². The van der Waals surface area contributed by atoms with Gasteiger partial charge in [-0.2, -0.15) is 0 Å². The summed E-state index contributed by atoms with van der Waals surface area (Å²) in [6, 6.07) is 9.53. The fraction of sp³-hybridized carbons (Fsp3) is 0.375. The Balaban J connectivity index is 2.37. The molecule has 1 aliphatic rings. The molecule has 106 valence electrons. The zero-order valence-electron chi connectivity index (χ0n) is 11.7. The van der Waals surface area contributed by atoms with Gasteiger partial charge in [0.05, 0.1) is 13.7 Å². The molecule has 1 aliphatic carbocycles. The van der Waals surface area contributed by atoms with Crippen molar-refractivity contribution < 1.29 is 19.1 Å². The number of ketones is 1. The topological polar surface area (TPSA) is 52.6 Å². The van der Waals surface area contributed by atoms with E-state index in [1.807, 2.05) is 37.3 Å². The number of methoxy groups -OCH3 is 1. The van der Waals surface area contributed by atoms with Gasteiger partial charge in [0.1, 0.15) is 11.7 Å². The number of rotatable bonds is 4. The van der Waals surface area contributed by atoms with Crippen molar-refractivity contribution in [3.8, 4) is 0 Å². The van der Waals surface area contributed by atoms with Crippen LogP contribution in [0.4, 0.5) is 0 Å². The lowest BCUT2D eigenvalue weighted by atomic mass is 9.77. The van der Waals surface area contributed by atoms with E-state index in [1.165, 1.54) is 13.2 Å². The van der Waals surface area contributed by atoms with Crippen molar-refractivity contribution >= 4 is 11.8 Å². The molecule has 1 aromatic rings. The first-order valence-corrected chi connectivity index (χ1v) is 6.67. The van der Waals surface area contributed by atoms with Crippen LogP contribution in [0, 0.1) is 5.92 Å². The molecule has 0 aliphatic heterocycles. The molecule has 0 bridgehead atoms. The first-order chi connectivity index (χ1) is 9.67. The number of ether oxygens (including phenoxy) is 2. The Hall–Kier alpha value is -2.10. The van der Waals surface area contributed by atoms with Crippen LogP contribution in [0.25, 0.3) is 0 Å². The summed E-state index contributed by atoms with van der Waals surface area (Å²) in [4.78, 5) is 24.1. The molecule has 0 heterocycles. The van der Waals surface area contributed by atoms with Gasteiger partial charge in [-0.3, -0.25) is 9.59 Å². The summed E-state index contributed by atoms with van der Waals surface area (Å²) in [6.45, 7) is 2.37. The first kappa shape index (κ1) is 14.3. The first-order valence-electron chi connectivity index (χ1n) is 6.67. The fourth-order valence-electron chi connectivity index (χ4n) is 2.54. The molecule has 0 saturated carbocycles. The van der Waals surface area contributed by atoms with Crippen molar-refractivity contribution in [1.82, 2.24) is 0 Å². The van der Waals surface area contributed by atoms with E-state index in [9.17, 15) is 9.59 Å². The van der Waals surface area contributed by atoms with Crippen LogP contribution < -0.4 is 0 Å². The molecular weight excluding hydrogens is 256 g/mol. The summed E-state index contributed by atoms with van der Waals surface area (Å²) in [7, 11) is 1.31. The van der Waals surface area contributed by atoms with Crippen molar-refractivity contribution in [1.29, 1.82) is 0 Å². The monoisotopic (exact) mass is 274 g/mol.